The maximum Gasteiger partial charge on any atom is 0.321 e. The molecule has 0 radical (unpaired) electrons. The van der Waals surface area contributed by atoms with Crippen LogP contribution in [0.3, 0.4) is 0 Å². The van der Waals surface area contributed by atoms with Crippen LogP contribution in [0.5, 0.6) is 0 Å². The average molecular weight is 391 g/mol. The molecule has 6 heteroatoms. The van der Waals surface area contributed by atoms with Gasteiger partial charge in [-0.25, -0.2) is 4.79 Å². The number of likely N-dealkylation sites (tertiary alicyclic amines) is 1. The van der Waals surface area contributed by atoms with Gasteiger partial charge in [0.25, 0.3) is 0 Å². The molecule has 3 rings (SSSR count). The number of benzene rings is 2. The summed E-state index contributed by atoms with van der Waals surface area (Å²) >= 11 is 11.9. The molecule has 26 heavy (non-hydrogen) atoms. The average Bonchev–Trinajstić information content (AvgIpc) is 2.65. The van der Waals surface area contributed by atoms with Gasteiger partial charge >= 0.3 is 6.03 Å². The Balaban J connectivity index is 1.69. The molecule has 1 heterocycles. The normalized spacial score (nSPS) is 16.2. The number of nitrogens with one attached hydrogen (secondary N) is 1. The Morgan fingerprint density at radius 3 is 2.23 bits per heavy atom. The fraction of sp³-hybridized carbons (Fsp3) is 0.300. The number of carbonyl (C=O) groups is 2. The van der Waals surface area contributed by atoms with Crippen molar-refractivity contribution in [3.63, 3.8) is 0 Å². The van der Waals surface area contributed by atoms with Gasteiger partial charge in [0, 0.05) is 18.8 Å². The Labute approximate surface area is 163 Å². The first-order valence-corrected chi connectivity index (χ1v) is 9.25. The minimum Gasteiger partial charge on any atom is -0.324 e. The fourth-order valence-electron chi connectivity index (χ4n) is 3.47. The summed E-state index contributed by atoms with van der Waals surface area (Å²) in [7, 11) is 0. The van der Waals surface area contributed by atoms with Gasteiger partial charge in [-0.1, -0.05) is 53.5 Å². The van der Waals surface area contributed by atoms with E-state index in [2.05, 4.69) is 5.32 Å². The molecule has 0 aliphatic carbocycles. The Morgan fingerprint density at radius 2 is 1.65 bits per heavy atom. The number of hydrogen-bond acceptors (Lipinski definition) is 2. The summed E-state index contributed by atoms with van der Waals surface area (Å²) in [5.74, 6) is 0.147. The van der Waals surface area contributed by atoms with E-state index >= 15 is 0 Å². The number of urea groups is 1. The molecule has 0 atom stereocenters. The first-order chi connectivity index (χ1) is 12.4. The Hall–Kier alpha value is -2.04. The number of hydrogen-bond donors (Lipinski definition) is 1. The lowest BCUT2D eigenvalue weighted by Crippen LogP contribution is -2.49. The highest BCUT2D eigenvalue weighted by molar-refractivity contribution is 6.42. The predicted octanol–water partition coefficient (Wildman–Crippen LogP) is 5.15. The zero-order valence-electron chi connectivity index (χ0n) is 14.5. The highest BCUT2D eigenvalue weighted by Crippen LogP contribution is 2.36. The lowest BCUT2D eigenvalue weighted by Gasteiger charge is -2.40. The number of rotatable bonds is 3. The predicted molar refractivity (Wildman–Crippen MR) is 105 cm³/mol. The van der Waals surface area contributed by atoms with Crippen LogP contribution < -0.4 is 5.32 Å². The molecule has 1 saturated heterocycles. The van der Waals surface area contributed by atoms with E-state index in [0.29, 0.717) is 41.7 Å². The smallest absolute Gasteiger partial charge is 0.321 e. The van der Waals surface area contributed by atoms with Gasteiger partial charge in [0.1, 0.15) is 5.78 Å². The van der Waals surface area contributed by atoms with Gasteiger partial charge in [-0.05, 0) is 43.5 Å². The molecule has 0 unspecified atom stereocenters. The van der Waals surface area contributed by atoms with Crippen molar-refractivity contribution in [2.75, 3.05) is 18.4 Å². The van der Waals surface area contributed by atoms with Crippen molar-refractivity contribution in [3.8, 4) is 0 Å². The van der Waals surface area contributed by atoms with Crippen LogP contribution in [0.2, 0.25) is 10.0 Å². The molecule has 2 aromatic rings. The lowest BCUT2D eigenvalue weighted by atomic mass is 9.70. The molecular formula is C20H20Cl2N2O2. The minimum atomic E-state index is -0.512. The van der Waals surface area contributed by atoms with Crippen molar-refractivity contribution in [3.05, 3.63) is 64.1 Å². The molecule has 2 amide bonds. The standard InChI is InChI=1S/C20H20Cl2N2O2/c1-14(25)20(15-5-3-2-4-6-15)9-11-24(12-10-20)19(26)23-16-7-8-17(21)18(22)13-16/h2-8,13H,9-12H2,1H3,(H,23,26). The fourth-order valence-corrected chi connectivity index (χ4v) is 3.77. The highest BCUT2D eigenvalue weighted by atomic mass is 35.5. The third-order valence-electron chi connectivity index (χ3n) is 5.08. The number of ketones is 1. The molecule has 1 N–H and O–H groups in total. The zero-order valence-corrected chi connectivity index (χ0v) is 16.0. The third-order valence-corrected chi connectivity index (χ3v) is 5.81. The number of carbonyl (C=O) groups excluding carboxylic acids is 2. The van der Waals surface area contributed by atoms with Crippen LogP contribution in [0, 0.1) is 0 Å². The third kappa shape index (κ3) is 3.71. The Bertz CT molecular complexity index is 816. The number of anilines is 1. The number of Topliss-reactive ketones (excluding diaryl/α,β-unsaturated/α-hetero) is 1. The largest absolute Gasteiger partial charge is 0.324 e. The van der Waals surface area contributed by atoms with E-state index in [-0.39, 0.29) is 11.8 Å². The van der Waals surface area contributed by atoms with Gasteiger partial charge in [0.15, 0.2) is 0 Å². The van der Waals surface area contributed by atoms with E-state index in [4.69, 9.17) is 23.2 Å². The molecule has 136 valence electrons. The van der Waals surface area contributed by atoms with Crippen molar-refractivity contribution < 1.29 is 9.59 Å². The summed E-state index contributed by atoms with van der Waals surface area (Å²) < 4.78 is 0. The number of piperidine rings is 1. The molecule has 0 saturated carbocycles. The van der Waals surface area contributed by atoms with Crippen molar-refractivity contribution in [1.29, 1.82) is 0 Å². The number of halogens is 2. The molecule has 0 spiro atoms. The van der Waals surface area contributed by atoms with Crippen LogP contribution >= 0.6 is 23.2 Å². The van der Waals surface area contributed by atoms with E-state index in [9.17, 15) is 9.59 Å². The second-order valence-electron chi connectivity index (χ2n) is 6.55. The van der Waals surface area contributed by atoms with Gasteiger partial charge in [0.2, 0.25) is 0 Å². The van der Waals surface area contributed by atoms with E-state index in [0.717, 1.165) is 5.56 Å². The molecular weight excluding hydrogens is 371 g/mol. The van der Waals surface area contributed by atoms with Crippen LogP contribution in [0.15, 0.2) is 48.5 Å². The van der Waals surface area contributed by atoms with Crippen LogP contribution in [0.1, 0.15) is 25.3 Å². The summed E-state index contributed by atoms with van der Waals surface area (Å²) in [6.07, 6.45) is 1.22. The van der Waals surface area contributed by atoms with E-state index in [1.807, 2.05) is 30.3 Å². The van der Waals surface area contributed by atoms with E-state index in [1.54, 1.807) is 30.0 Å². The second-order valence-corrected chi connectivity index (χ2v) is 7.36. The molecule has 0 aromatic heterocycles. The molecule has 1 aliphatic heterocycles. The number of nitrogens with zero attached hydrogens (tertiary/aromatic N) is 1. The zero-order chi connectivity index (χ0) is 18.7. The van der Waals surface area contributed by atoms with Gasteiger partial charge in [-0.3, -0.25) is 4.79 Å². The maximum absolute atomic E-state index is 12.5. The van der Waals surface area contributed by atoms with Gasteiger partial charge in [-0.2, -0.15) is 0 Å². The Kier molecular flexibility index (Phi) is 5.54. The maximum atomic E-state index is 12.5. The summed E-state index contributed by atoms with van der Waals surface area (Å²) in [4.78, 5) is 26.7. The monoisotopic (exact) mass is 390 g/mol. The summed E-state index contributed by atoms with van der Waals surface area (Å²) in [5, 5.41) is 3.67. The van der Waals surface area contributed by atoms with Crippen LogP contribution in [-0.2, 0) is 10.2 Å². The quantitative estimate of drug-likeness (QED) is 0.787. The van der Waals surface area contributed by atoms with Crippen molar-refractivity contribution in [2.24, 2.45) is 0 Å². The first-order valence-electron chi connectivity index (χ1n) is 8.50. The van der Waals surface area contributed by atoms with Crippen molar-refractivity contribution >= 4 is 40.7 Å². The molecule has 0 bridgehead atoms. The molecule has 1 fully saturated rings. The van der Waals surface area contributed by atoms with Crippen LogP contribution in [0.25, 0.3) is 0 Å². The SMILES string of the molecule is CC(=O)C1(c2ccccc2)CCN(C(=O)Nc2ccc(Cl)c(Cl)c2)CC1. The van der Waals surface area contributed by atoms with Crippen LogP contribution in [0.4, 0.5) is 10.5 Å². The van der Waals surface area contributed by atoms with Gasteiger partial charge in [0.05, 0.1) is 15.5 Å². The van der Waals surface area contributed by atoms with Crippen molar-refractivity contribution in [1.82, 2.24) is 4.90 Å². The van der Waals surface area contributed by atoms with E-state index in [1.165, 1.54) is 0 Å². The molecule has 1 aliphatic rings. The summed E-state index contributed by atoms with van der Waals surface area (Å²) in [6.45, 7) is 2.67. The second kappa shape index (κ2) is 7.68. The van der Waals surface area contributed by atoms with Gasteiger partial charge < -0.3 is 10.2 Å². The molecule has 4 nitrogen and oxygen atoms in total. The lowest BCUT2D eigenvalue weighted by molar-refractivity contribution is -0.124. The molecule has 2 aromatic carbocycles. The number of amides is 2. The minimum absolute atomic E-state index is 0.147. The topological polar surface area (TPSA) is 49.4 Å². The van der Waals surface area contributed by atoms with Crippen molar-refractivity contribution in [2.45, 2.75) is 25.2 Å². The summed E-state index contributed by atoms with van der Waals surface area (Å²) in [5.41, 5.74) is 1.11. The Morgan fingerprint density at radius 1 is 1.00 bits per heavy atom. The highest BCUT2D eigenvalue weighted by Gasteiger charge is 2.41. The van der Waals surface area contributed by atoms with Crippen LogP contribution in [-0.4, -0.2) is 29.8 Å². The summed E-state index contributed by atoms with van der Waals surface area (Å²) in [6, 6.07) is 14.6. The first kappa shape index (κ1) is 18.7. The van der Waals surface area contributed by atoms with Gasteiger partial charge in [-0.15, -0.1) is 0 Å². The van der Waals surface area contributed by atoms with E-state index < -0.39 is 5.41 Å².